The summed E-state index contributed by atoms with van der Waals surface area (Å²) in [5.74, 6) is 0. The van der Waals surface area contributed by atoms with E-state index in [9.17, 15) is 20.2 Å². The van der Waals surface area contributed by atoms with Gasteiger partial charge in [-0.3, -0.25) is 10.1 Å². The lowest BCUT2D eigenvalue weighted by molar-refractivity contribution is -0.384. The van der Waals surface area contributed by atoms with Crippen LogP contribution < -0.4 is 10.4 Å². The van der Waals surface area contributed by atoms with Crippen LogP contribution >= 0.6 is 0 Å². The number of anilines is 3. The fraction of sp³-hybridized carbons (Fsp3) is 0. The van der Waals surface area contributed by atoms with Crippen LogP contribution in [0.1, 0.15) is 0 Å². The Morgan fingerprint density at radius 2 is 1.29 bits per heavy atom. The lowest BCUT2D eigenvalue weighted by atomic mass is 9.79. The van der Waals surface area contributed by atoms with Crippen LogP contribution in [0.3, 0.4) is 0 Å². The van der Waals surface area contributed by atoms with E-state index >= 15 is 0 Å². The molecule has 0 spiro atoms. The van der Waals surface area contributed by atoms with Crippen molar-refractivity contribution in [1.82, 2.24) is 0 Å². The maximum Gasteiger partial charge on any atom is 0.488 e. The van der Waals surface area contributed by atoms with Crippen molar-refractivity contribution in [3.05, 3.63) is 125 Å². The van der Waals surface area contributed by atoms with Gasteiger partial charge >= 0.3 is 7.12 Å². The van der Waals surface area contributed by atoms with Gasteiger partial charge in [0.05, 0.1) is 10.5 Å². The molecule has 170 valence electrons. The first-order valence-electron chi connectivity index (χ1n) is 11.1. The summed E-state index contributed by atoms with van der Waals surface area (Å²) in [6, 6.07) is 36.2. The summed E-state index contributed by atoms with van der Waals surface area (Å²) in [7, 11) is -1.77. The molecule has 0 aliphatic heterocycles. The number of nitro groups is 1. The second-order valence-electron chi connectivity index (χ2n) is 8.16. The van der Waals surface area contributed by atoms with E-state index in [1.165, 1.54) is 12.1 Å². The van der Waals surface area contributed by atoms with Crippen molar-refractivity contribution in [2.45, 2.75) is 0 Å². The van der Waals surface area contributed by atoms with Crippen LogP contribution in [0.2, 0.25) is 0 Å². The molecule has 0 unspecified atom stereocenters. The minimum Gasteiger partial charge on any atom is -0.423 e. The number of nitrogens with zero attached hydrogens (tertiary/aromatic N) is 2. The minimum atomic E-state index is -1.77. The number of fused-ring (bicyclic) bond motifs is 1. The highest BCUT2D eigenvalue weighted by Gasteiger charge is 2.21. The number of hydrogen-bond acceptors (Lipinski definition) is 5. The predicted molar refractivity (Wildman–Crippen MR) is 141 cm³/mol. The van der Waals surface area contributed by atoms with Crippen LogP contribution in [0.4, 0.5) is 22.7 Å². The van der Waals surface area contributed by atoms with E-state index in [1.54, 1.807) is 6.07 Å². The standard InChI is InChI=1S/C28H21BN2O4/c32-29(33)23-13-17-27(28(19-23)31(34)35)21-11-14-25(15-12-21)30(24-8-2-1-3-9-24)26-16-10-20-6-4-5-7-22(20)18-26/h1-19,32-33H. The molecule has 0 saturated carbocycles. The highest BCUT2D eigenvalue weighted by atomic mass is 16.6. The second kappa shape index (κ2) is 9.42. The Morgan fingerprint density at radius 1 is 0.657 bits per heavy atom. The number of para-hydroxylation sites is 1. The van der Waals surface area contributed by atoms with Gasteiger partial charge in [0, 0.05) is 23.1 Å². The van der Waals surface area contributed by atoms with Crippen molar-refractivity contribution < 1.29 is 15.0 Å². The molecule has 5 aromatic rings. The van der Waals surface area contributed by atoms with Gasteiger partial charge in [0.1, 0.15) is 0 Å². The summed E-state index contributed by atoms with van der Waals surface area (Å²) in [4.78, 5) is 13.3. The van der Waals surface area contributed by atoms with Gasteiger partial charge in [-0.15, -0.1) is 0 Å². The molecule has 0 atom stereocenters. The maximum absolute atomic E-state index is 11.7. The number of nitro benzene ring substituents is 1. The average molecular weight is 460 g/mol. The first-order valence-corrected chi connectivity index (χ1v) is 11.1. The maximum atomic E-state index is 11.7. The van der Waals surface area contributed by atoms with Gasteiger partial charge in [0.15, 0.2) is 0 Å². The fourth-order valence-corrected chi connectivity index (χ4v) is 4.23. The molecular formula is C28H21BN2O4. The summed E-state index contributed by atoms with van der Waals surface area (Å²) < 4.78 is 0. The molecule has 5 rings (SSSR count). The van der Waals surface area contributed by atoms with Crippen LogP contribution in [0.15, 0.2) is 115 Å². The van der Waals surface area contributed by atoms with Crippen LogP contribution in [0.5, 0.6) is 0 Å². The molecule has 6 nitrogen and oxygen atoms in total. The van der Waals surface area contributed by atoms with Crippen molar-refractivity contribution >= 4 is 46.1 Å². The van der Waals surface area contributed by atoms with Gasteiger partial charge in [-0.1, -0.05) is 66.7 Å². The normalized spacial score (nSPS) is 10.8. The number of benzene rings is 5. The second-order valence-corrected chi connectivity index (χ2v) is 8.16. The molecule has 0 fully saturated rings. The molecule has 0 aromatic heterocycles. The molecule has 5 aromatic carbocycles. The lowest BCUT2D eigenvalue weighted by Crippen LogP contribution is -2.29. The molecule has 0 aliphatic rings. The average Bonchev–Trinajstić information content (AvgIpc) is 2.89. The zero-order valence-electron chi connectivity index (χ0n) is 18.7. The largest absolute Gasteiger partial charge is 0.488 e. The Kier molecular flexibility index (Phi) is 6.02. The Morgan fingerprint density at radius 3 is 1.97 bits per heavy atom. The summed E-state index contributed by atoms with van der Waals surface area (Å²) >= 11 is 0. The Bertz CT molecular complexity index is 1510. The third-order valence-electron chi connectivity index (χ3n) is 5.96. The smallest absolute Gasteiger partial charge is 0.423 e. The van der Waals surface area contributed by atoms with E-state index < -0.39 is 12.0 Å². The number of rotatable bonds is 6. The van der Waals surface area contributed by atoms with Crippen molar-refractivity contribution in [2.75, 3.05) is 4.90 Å². The van der Waals surface area contributed by atoms with Gasteiger partial charge in [0.25, 0.3) is 5.69 Å². The quantitative estimate of drug-likeness (QED) is 0.197. The van der Waals surface area contributed by atoms with Crippen molar-refractivity contribution in [1.29, 1.82) is 0 Å². The minimum absolute atomic E-state index is 0.0728. The van der Waals surface area contributed by atoms with E-state index in [0.29, 0.717) is 11.1 Å². The topological polar surface area (TPSA) is 86.8 Å². The molecule has 35 heavy (non-hydrogen) atoms. The highest BCUT2D eigenvalue weighted by Crippen LogP contribution is 2.37. The molecule has 0 heterocycles. The monoisotopic (exact) mass is 460 g/mol. The third-order valence-corrected chi connectivity index (χ3v) is 5.96. The summed E-state index contributed by atoms with van der Waals surface area (Å²) in [6.45, 7) is 0. The first kappa shape index (κ1) is 22.3. The van der Waals surface area contributed by atoms with E-state index in [2.05, 4.69) is 35.2 Å². The van der Waals surface area contributed by atoms with Gasteiger partial charge in [-0.25, -0.2) is 0 Å². The SMILES string of the molecule is O=[N+]([O-])c1cc(B(O)O)ccc1-c1ccc(N(c2ccccc2)c2ccc3ccccc3c2)cc1. The van der Waals surface area contributed by atoms with E-state index in [0.717, 1.165) is 27.8 Å². The Balaban J connectivity index is 1.58. The zero-order valence-corrected chi connectivity index (χ0v) is 18.7. The molecular weight excluding hydrogens is 439 g/mol. The molecule has 0 radical (unpaired) electrons. The summed E-state index contributed by atoms with van der Waals surface area (Å²) in [5.41, 5.74) is 3.84. The highest BCUT2D eigenvalue weighted by molar-refractivity contribution is 6.58. The van der Waals surface area contributed by atoms with Gasteiger partial charge in [-0.2, -0.15) is 0 Å². The first-order chi connectivity index (χ1) is 17.0. The lowest BCUT2D eigenvalue weighted by Gasteiger charge is -2.26. The molecule has 0 amide bonds. The van der Waals surface area contributed by atoms with E-state index in [1.807, 2.05) is 66.7 Å². The van der Waals surface area contributed by atoms with Crippen LogP contribution in [-0.2, 0) is 0 Å². The van der Waals surface area contributed by atoms with Gasteiger partial charge < -0.3 is 14.9 Å². The fourth-order valence-electron chi connectivity index (χ4n) is 4.23. The third kappa shape index (κ3) is 4.50. The van der Waals surface area contributed by atoms with E-state index in [-0.39, 0.29) is 11.2 Å². The Hall–Kier alpha value is -4.46. The molecule has 0 saturated heterocycles. The van der Waals surface area contributed by atoms with Crippen molar-refractivity contribution in [3.8, 4) is 11.1 Å². The summed E-state index contributed by atoms with van der Waals surface area (Å²) in [5, 5.41) is 32.7. The number of hydrogen-bond donors (Lipinski definition) is 2. The van der Waals surface area contributed by atoms with Gasteiger partial charge in [-0.05, 0) is 64.3 Å². The van der Waals surface area contributed by atoms with Crippen LogP contribution in [0, 0.1) is 10.1 Å². The predicted octanol–water partition coefficient (Wildman–Crippen LogP) is 5.56. The van der Waals surface area contributed by atoms with Crippen molar-refractivity contribution in [2.24, 2.45) is 0 Å². The van der Waals surface area contributed by atoms with Crippen LogP contribution in [0.25, 0.3) is 21.9 Å². The molecule has 0 bridgehead atoms. The zero-order chi connectivity index (χ0) is 24.4. The van der Waals surface area contributed by atoms with Gasteiger partial charge in [0.2, 0.25) is 0 Å². The van der Waals surface area contributed by atoms with Crippen LogP contribution in [-0.4, -0.2) is 22.1 Å². The summed E-state index contributed by atoms with van der Waals surface area (Å²) in [6.07, 6.45) is 0. The van der Waals surface area contributed by atoms with Crippen molar-refractivity contribution in [3.63, 3.8) is 0 Å². The molecule has 2 N–H and O–H groups in total. The Labute approximate surface area is 202 Å². The molecule has 7 heteroatoms. The van der Waals surface area contributed by atoms with E-state index in [4.69, 9.17) is 0 Å². The molecule has 0 aliphatic carbocycles.